The van der Waals surface area contributed by atoms with E-state index in [1.807, 2.05) is 5.38 Å². The molecule has 0 radical (unpaired) electrons. The normalized spacial score (nSPS) is 11.5. The minimum Gasteiger partial charge on any atom is -0.309 e. The van der Waals surface area contributed by atoms with E-state index in [0.29, 0.717) is 6.04 Å². The van der Waals surface area contributed by atoms with E-state index >= 15 is 0 Å². The number of hydrogen-bond donors (Lipinski definition) is 1. The first-order chi connectivity index (χ1) is 9.06. The van der Waals surface area contributed by atoms with E-state index in [-0.39, 0.29) is 5.56 Å². The number of alkyl halides is 2. The maximum Gasteiger partial charge on any atom is 0.263 e. The van der Waals surface area contributed by atoms with Gasteiger partial charge in [-0.15, -0.1) is 11.3 Å². The molecule has 0 aliphatic heterocycles. The van der Waals surface area contributed by atoms with E-state index in [2.05, 4.69) is 24.1 Å². The molecule has 2 rings (SSSR count). The molecule has 0 unspecified atom stereocenters. The molecular formula is C14H16F2N2S. The van der Waals surface area contributed by atoms with Crippen LogP contribution in [-0.2, 0) is 6.54 Å². The van der Waals surface area contributed by atoms with Crippen molar-refractivity contribution in [3.05, 3.63) is 40.9 Å². The number of nitrogens with zero attached hydrogens (tertiary/aromatic N) is 1. The largest absolute Gasteiger partial charge is 0.309 e. The predicted octanol–water partition coefficient (Wildman–Crippen LogP) is 4.25. The van der Waals surface area contributed by atoms with Crippen LogP contribution in [0.3, 0.4) is 0 Å². The standard InChI is InChI=1S/C14H16F2N2S/c1-9(2)17-7-12-8-19-14(18-12)11-5-3-10(4-6-11)13(15)16/h3-6,8-9,13,17H,7H2,1-2H3. The second-order valence-corrected chi connectivity index (χ2v) is 5.46. The minimum absolute atomic E-state index is 0.0435. The highest BCUT2D eigenvalue weighted by Gasteiger charge is 2.09. The fraction of sp³-hybridized carbons (Fsp3) is 0.357. The van der Waals surface area contributed by atoms with E-state index in [1.54, 1.807) is 12.1 Å². The summed E-state index contributed by atoms with van der Waals surface area (Å²) in [5.74, 6) is 0. The summed E-state index contributed by atoms with van der Waals surface area (Å²) in [4.78, 5) is 4.50. The van der Waals surface area contributed by atoms with Crippen LogP contribution >= 0.6 is 11.3 Å². The Hall–Kier alpha value is -1.33. The maximum atomic E-state index is 12.5. The van der Waals surface area contributed by atoms with Gasteiger partial charge in [-0.05, 0) is 0 Å². The second kappa shape index (κ2) is 6.21. The molecule has 1 aromatic heterocycles. The number of aromatic nitrogens is 1. The number of thiazole rings is 1. The Kier molecular flexibility index (Phi) is 4.61. The van der Waals surface area contributed by atoms with Gasteiger partial charge in [0, 0.05) is 29.1 Å². The van der Waals surface area contributed by atoms with Crippen LogP contribution in [0.1, 0.15) is 31.5 Å². The zero-order chi connectivity index (χ0) is 13.8. The van der Waals surface area contributed by atoms with Crippen LogP contribution in [0.4, 0.5) is 8.78 Å². The summed E-state index contributed by atoms with van der Waals surface area (Å²) in [6, 6.07) is 6.70. The van der Waals surface area contributed by atoms with Gasteiger partial charge in [0.25, 0.3) is 6.43 Å². The molecule has 0 spiro atoms. The fourth-order valence-corrected chi connectivity index (χ4v) is 2.43. The molecule has 1 heterocycles. The zero-order valence-corrected chi connectivity index (χ0v) is 11.7. The van der Waals surface area contributed by atoms with Gasteiger partial charge in [0.2, 0.25) is 0 Å². The van der Waals surface area contributed by atoms with Gasteiger partial charge in [0.05, 0.1) is 5.69 Å². The van der Waals surface area contributed by atoms with Crippen molar-refractivity contribution in [2.75, 3.05) is 0 Å². The predicted molar refractivity (Wildman–Crippen MR) is 74.5 cm³/mol. The average Bonchev–Trinajstić information content (AvgIpc) is 2.85. The minimum atomic E-state index is -2.42. The molecule has 0 aliphatic carbocycles. The Morgan fingerprint density at radius 3 is 2.47 bits per heavy atom. The molecule has 0 atom stereocenters. The van der Waals surface area contributed by atoms with Crippen molar-refractivity contribution < 1.29 is 8.78 Å². The van der Waals surface area contributed by atoms with Gasteiger partial charge in [0.15, 0.2) is 0 Å². The first-order valence-corrected chi connectivity index (χ1v) is 7.00. The zero-order valence-electron chi connectivity index (χ0n) is 10.9. The van der Waals surface area contributed by atoms with E-state index in [0.717, 1.165) is 22.8 Å². The topological polar surface area (TPSA) is 24.9 Å². The number of halogens is 2. The van der Waals surface area contributed by atoms with E-state index in [4.69, 9.17) is 0 Å². The average molecular weight is 282 g/mol. The lowest BCUT2D eigenvalue weighted by molar-refractivity contribution is 0.151. The summed E-state index contributed by atoms with van der Waals surface area (Å²) in [6.07, 6.45) is -2.42. The SMILES string of the molecule is CC(C)NCc1csc(-c2ccc(C(F)F)cc2)n1. The molecule has 1 N–H and O–H groups in total. The van der Waals surface area contributed by atoms with Crippen LogP contribution < -0.4 is 5.32 Å². The smallest absolute Gasteiger partial charge is 0.263 e. The van der Waals surface area contributed by atoms with Crippen molar-refractivity contribution in [1.82, 2.24) is 10.3 Å². The third-order valence-electron chi connectivity index (χ3n) is 2.65. The third kappa shape index (κ3) is 3.81. The Labute approximate surface area is 115 Å². The lowest BCUT2D eigenvalue weighted by atomic mass is 10.1. The number of rotatable bonds is 5. The molecule has 0 amide bonds. The molecule has 5 heteroatoms. The van der Waals surface area contributed by atoms with Gasteiger partial charge in [-0.1, -0.05) is 38.1 Å². The molecule has 1 aromatic carbocycles. The molecule has 0 saturated heterocycles. The fourth-order valence-electron chi connectivity index (χ4n) is 1.60. The summed E-state index contributed by atoms with van der Waals surface area (Å²) < 4.78 is 24.9. The van der Waals surface area contributed by atoms with Crippen molar-refractivity contribution >= 4 is 11.3 Å². The van der Waals surface area contributed by atoms with Gasteiger partial charge < -0.3 is 5.32 Å². The molecule has 0 fully saturated rings. The summed E-state index contributed by atoms with van der Waals surface area (Å²) in [7, 11) is 0. The van der Waals surface area contributed by atoms with Crippen molar-refractivity contribution in [1.29, 1.82) is 0 Å². The maximum absolute atomic E-state index is 12.5. The van der Waals surface area contributed by atoms with Gasteiger partial charge in [0.1, 0.15) is 5.01 Å². The molecule has 0 aliphatic rings. The van der Waals surface area contributed by atoms with E-state index < -0.39 is 6.43 Å². The summed E-state index contributed by atoms with van der Waals surface area (Å²) in [6.45, 7) is 4.88. The Morgan fingerprint density at radius 1 is 1.21 bits per heavy atom. The summed E-state index contributed by atoms with van der Waals surface area (Å²) >= 11 is 1.53. The van der Waals surface area contributed by atoms with Crippen molar-refractivity contribution in [3.63, 3.8) is 0 Å². The Bertz CT molecular complexity index is 520. The first-order valence-electron chi connectivity index (χ1n) is 6.12. The highest BCUT2D eigenvalue weighted by atomic mass is 32.1. The molecule has 0 saturated carbocycles. The van der Waals surface area contributed by atoms with Gasteiger partial charge >= 0.3 is 0 Å². The highest BCUT2D eigenvalue weighted by molar-refractivity contribution is 7.13. The van der Waals surface area contributed by atoms with E-state index in [1.165, 1.54) is 23.5 Å². The molecule has 2 nitrogen and oxygen atoms in total. The third-order valence-corrected chi connectivity index (χ3v) is 3.59. The van der Waals surface area contributed by atoms with Crippen LogP contribution in [0.5, 0.6) is 0 Å². The number of nitrogens with one attached hydrogen (secondary N) is 1. The molecular weight excluding hydrogens is 266 g/mol. The Balaban J connectivity index is 2.09. The number of benzene rings is 1. The van der Waals surface area contributed by atoms with Gasteiger partial charge in [-0.3, -0.25) is 0 Å². The highest BCUT2D eigenvalue weighted by Crippen LogP contribution is 2.26. The van der Waals surface area contributed by atoms with Crippen LogP contribution in [0.25, 0.3) is 10.6 Å². The van der Waals surface area contributed by atoms with Crippen molar-refractivity contribution in [2.45, 2.75) is 32.9 Å². The summed E-state index contributed by atoms with van der Waals surface area (Å²) in [5, 5.41) is 6.15. The van der Waals surface area contributed by atoms with E-state index in [9.17, 15) is 8.78 Å². The van der Waals surface area contributed by atoms with Crippen LogP contribution in [-0.4, -0.2) is 11.0 Å². The molecule has 0 bridgehead atoms. The molecule has 19 heavy (non-hydrogen) atoms. The second-order valence-electron chi connectivity index (χ2n) is 4.60. The number of hydrogen-bond acceptors (Lipinski definition) is 3. The molecule has 2 aromatic rings. The lowest BCUT2D eigenvalue weighted by Gasteiger charge is -2.04. The van der Waals surface area contributed by atoms with Crippen LogP contribution in [0, 0.1) is 0 Å². The molecule has 102 valence electrons. The monoisotopic (exact) mass is 282 g/mol. The lowest BCUT2D eigenvalue weighted by Crippen LogP contribution is -2.21. The van der Waals surface area contributed by atoms with Crippen LogP contribution in [0.2, 0.25) is 0 Å². The Morgan fingerprint density at radius 2 is 1.89 bits per heavy atom. The quantitative estimate of drug-likeness (QED) is 0.887. The van der Waals surface area contributed by atoms with Crippen molar-refractivity contribution in [2.24, 2.45) is 0 Å². The summed E-state index contributed by atoms with van der Waals surface area (Å²) in [5.41, 5.74) is 1.90. The van der Waals surface area contributed by atoms with Gasteiger partial charge in [-0.2, -0.15) is 0 Å². The van der Waals surface area contributed by atoms with Crippen molar-refractivity contribution in [3.8, 4) is 10.6 Å². The first kappa shape index (κ1) is 14.1. The van der Waals surface area contributed by atoms with Crippen LogP contribution in [0.15, 0.2) is 29.6 Å². The van der Waals surface area contributed by atoms with Gasteiger partial charge in [-0.25, -0.2) is 13.8 Å².